The number of hydrogen-bond donors (Lipinski definition) is 7. The van der Waals surface area contributed by atoms with E-state index in [0.717, 1.165) is 31.3 Å². The molecule has 0 bridgehead atoms. The van der Waals surface area contributed by atoms with Gasteiger partial charge in [-0.15, -0.1) is 0 Å². The molecule has 0 radical (unpaired) electrons. The van der Waals surface area contributed by atoms with Crippen LogP contribution >= 0.6 is 0 Å². The maximum Gasteiger partial charge on any atom is 0.186 e. The Morgan fingerprint density at radius 1 is 0.932 bits per heavy atom. The van der Waals surface area contributed by atoms with E-state index < -0.39 is 66.0 Å². The van der Waals surface area contributed by atoms with E-state index >= 15 is 0 Å². The molecular weight excluding hydrogens is 568 g/mol. The summed E-state index contributed by atoms with van der Waals surface area (Å²) in [6.07, 6.45) is -2.11. The third kappa shape index (κ3) is 5.63. The van der Waals surface area contributed by atoms with Crippen LogP contribution in [0.1, 0.15) is 79.1 Å². The van der Waals surface area contributed by atoms with Crippen molar-refractivity contribution in [2.75, 3.05) is 20.3 Å². The highest BCUT2D eigenvalue weighted by Crippen LogP contribution is 2.69. The Bertz CT molecular complexity index is 1030. The summed E-state index contributed by atoms with van der Waals surface area (Å²) in [5.41, 5.74) is -1.03. The van der Waals surface area contributed by atoms with Crippen LogP contribution in [0.4, 0.5) is 0 Å². The summed E-state index contributed by atoms with van der Waals surface area (Å²) in [6.45, 7) is 13.2. The fraction of sp³-hybridized carbons (Fsp3) is 0.941. The molecule has 1 saturated heterocycles. The van der Waals surface area contributed by atoms with Crippen molar-refractivity contribution < 1.29 is 50.0 Å². The lowest BCUT2D eigenvalue weighted by Crippen LogP contribution is -2.70. The van der Waals surface area contributed by atoms with E-state index in [9.17, 15) is 35.7 Å². The summed E-state index contributed by atoms with van der Waals surface area (Å²) in [4.78, 5) is 0. The molecule has 17 atom stereocenters. The zero-order valence-electron chi connectivity index (χ0n) is 27.2. The molecule has 5 rings (SSSR count). The van der Waals surface area contributed by atoms with Gasteiger partial charge in [0.25, 0.3) is 0 Å². The van der Waals surface area contributed by atoms with Crippen molar-refractivity contribution in [3.8, 4) is 0 Å². The van der Waals surface area contributed by atoms with Crippen molar-refractivity contribution in [2.45, 2.75) is 134 Å². The van der Waals surface area contributed by atoms with Crippen LogP contribution in [0.2, 0.25) is 0 Å². The number of hydrogen-bond acceptors (Lipinski definition) is 10. The molecule has 0 spiro atoms. The Morgan fingerprint density at radius 3 is 2.30 bits per heavy atom. The molecule has 0 amide bonds. The molecule has 254 valence electrons. The Balaban J connectivity index is 1.21. The topological polar surface area (TPSA) is 169 Å². The van der Waals surface area contributed by atoms with Gasteiger partial charge in [-0.3, -0.25) is 0 Å². The summed E-state index contributed by atoms with van der Waals surface area (Å²) >= 11 is 0. The highest BCUT2D eigenvalue weighted by molar-refractivity contribution is 5.21. The molecule has 4 aliphatic carbocycles. The summed E-state index contributed by atoms with van der Waals surface area (Å²) in [7, 11) is 1.44. The minimum Gasteiger partial charge on any atom is -0.393 e. The molecule has 0 aromatic heterocycles. The van der Waals surface area contributed by atoms with E-state index in [4.69, 9.17) is 14.2 Å². The lowest BCUT2D eigenvalue weighted by molar-refractivity contribution is -0.280. The zero-order chi connectivity index (χ0) is 32.4. The van der Waals surface area contributed by atoms with Gasteiger partial charge in [-0.2, -0.15) is 0 Å². The average molecular weight is 627 g/mol. The molecule has 4 saturated carbocycles. The van der Waals surface area contributed by atoms with Crippen molar-refractivity contribution in [2.24, 2.45) is 46.3 Å². The number of methoxy groups -OCH3 is 1. The van der Waals surface area contributed by atoms with E-state index in [0.29, 0.717) is 25.9 Å². The highest BCUT2D eigenvalue weighted by atomic mass is 16.7. The van der Waals surface area contributed by atoms with Gasteiger partial charge in [0.15, 0.2) is 6.29 Å². The van der Waals surface area contributed by atoms with Crippen molar-refractivity contribution in [3.05, 3.63) is 12.2 Å². The summed E-state index contributed by atoms with van der Waals surface area (Å²) in [6, 6.07) is 0. The Hall–Kier alpha value is -0.660. The summed E-state index contributed by atoms with van der Waals surface area (Å²) < 4.78 is 16.5. The molecular formula is C34H58O10. The first-order valence-corrected chi connectivity index (χ1v) is 16.8. The molecule has 0 aromatic rings. The molecule has 10 heteroatoms. The Kier molecular flexibility index (Phi) is 10.0. The van der Waals surface area contributed by atoms with Gasteiger partial charge in [-0.25, -0.2) is 0 Å². The first kappa shape index (κ1) is 34.7. The predicted octanol–water partition coefficient (Wildman–Crippen LogP) is 1.75. The molecule has 1 unspecified atom stereocenters. The van der Waals surface area contributed by atoms with E-state index in [2.05, 4.69) is 27.4 Å². The van der Waals surface area contributed by atoms with Crippen molar-refractivity contribution in [3.63, 3.8) is 0 Å². The molecule has 0 aromatic carbocycles. The first-order valence-electron chi connectivity index (χ1n) is 16.8. The second-order valence-corrected chi connectivity index (χ2v) is 15.7. The van der Waals surface area contributed by atoms with Gasteiger partial charge in [0.05, 0.1) is 43.2 Å². The lowest BCUT2D eigenvalue weighted by Gasteiger charge is -2.66. The van der Waals surface area contributed by atoms with Crippen LogP contribution in [0, 0.1) is 46.3 Å². The lowest BCUT2D eigenvalue weighted by atomic mass is 9.41. The van der Waals surface area contributed by atoms with Gasteiger partial charge in [0.2, 0.25) is 0 Å². The number of aliphatic hydroxyl groups excluding tert-OH is 6. The first-order chi connectivity index (χ1) is 20.6. The third-order valence-corrected chi connectivity index (χ3v) is 13.3. The van der Waals surface area contributed by atoms with Gasteiger partial charge >= 0.3 is 0 Å². The fourth-order valence-corrected chi connectivity index (χ4v) is 10.9. The molecule has 1 heterocycles. The largest absolute Gasteiger partial charge is 0.393 e. The van der Waals surface area contributed by atoms with Gasteiger partial charge in [0, 0.05) is 31.3 Å². The fourth-order valence-electron chi connectivity index (χ4n) is 10.9. The van der Waals surface area contributed by atoms with Gasteiger partial charge in [-0.1, -0.05) is 39.8 Å². The van der Waals surface area contributed by atoms with Crippen LogP contribution in [0.25, 0.3) is 0 Å². The Labute approximate surface area is 262 Å². The van der Waals surface area contributed by atoms with E-state index in [1.807, 2.05) is 6.92 Å². The minimum absolute atomic E-state index is 0.0151. The van der Waals surface area contributed by atoms with Crippen LogP contribution in [-0.4, -0.2) is 111 Å². The monoisotopic (exact) mass is 626 g/mol. The highest BCUT2D eigenvalue weighted by Gasteiger charge is 2.71. The maximum absolute atomic E-state index is 12.5. The van der Waals surface area contributed by atoms with E-state index in [1.165, 1.54) is 7.11 Å². The summed E-state index contributed by atoms with van der Waals surface area (Å²) in [5.74, 6) is -0.558. The minimum atomic E-state index is -1.24. The van der Waals surface area contributed by atoms with Crippen molar-refractivity contribution in [1.29, 1.82) is 0 Å². The number of fused-ring (bicyclic) bond motifs is 5. The van der Waals surface area contributed by atoms with Crippen molar-refractivity contribution >= 4 is 0 Å². The Morgan fingerprint density at radius 2 is 1.61 bits per heavy atom. The van der Waals surface area contributed by atoms with Crippen molar-refractivity contribution in [1.82, 2.24) is 0 Å². The van der Waals surface area contributed by atoms with Gasteiger partial charge in [0.1, 0.15) is 18.3 Å². The number of aliphatic hydroxyl groups is 7. The second-order valence-electron chi connectivity index (χ2n) is 15.7. The zero-order valence-corrected chi connectivity index (χ0v) is 27.2. The predicted molar refractivity (Wildman–Crippen MR) is 162 cm³/mol. The van der Waals surface area contributed by atoms with Crippen LogP contribution in [-0.2, 0) is 14.2 Å². The normalized spacial score (nSPS) is 52.0. The molecule has 7 N–H and O–H groups in total. The van der Waals surface area contributed by atoms with E-state index in [1.54, 1.807) is 0 Å². The van der Waals surface area contributed by atoms with Crippen LogP contribution in [0.15, 0.2) is 12.2 Å². The summed E-state index contributed by atoms with van der Waals surface area (Å²) in [5, 5.41) is 77.1. The molecule has 1 aliphatic heterocycles. The van der Waals surface area contributed by atoms with Crippen LogP contribution < -0.4 is 0 Å². The third-order valence-electron chi connectivity index (χ3n) is 13.3. The second kappa shape index (κ2) is 12.7. The van der Waals surface area contributed by atoms with Crippen LogP contribution in [0.5, 0.6) is 0 Å². The smallest absolute Gasteiger partial charge is 0.186 e. The SMILES string of the molecule is C=C(CC[C@@H](C)[C@H]1C[C@@H](O)[C@@H]2[C@]1(C)CC[C@@H]1[C@@]3(C)CC[C@H](O)[C@H](O)[C@@H]3[C@@H](O)C[C@]12O)C(C)CO[C@@H]1OC[C@@H](O)[C@H](OC)[C@H]1O. The maximum atomic E-state index is 12.5. The van der Waals surface area contributed by atoms with Gasteiger partial charge < -0.3 is 50.0 Å². The van der Waals surface area contributed by atoms with Crippen LogP contribution in [0.3, 0.4) is 0 Å². The average Bonchev–Trinajstić information content (AvgIpc) is 3.24. The number of ether oxygens (including phenoxy) is 3. The molecule has 5 aliphatic rings. The van der Waals surface area contributed by atoms with Gasteiger partial charge in [-0.05, 0) is 73.5 Å². The van der Waals surface area contributed by atoms with E-state index in [-0.39, 0.29) is 48.0 Å². The molecule has 10 nitrogen and oxygen atoms in total. The molecule has 5 fully saturated rings. The standard InChI is InChI=1S/C34H58O10/c1-17(19(3)15-43-31-28(40)29(42-6)24(38)16-44-31)7-8-18(2)20-13-22(36)30-32(20,4)12-10-25-33(5)11-9-21(35)27(39)26(33)23(37)14-34(25,30)41/h18-31,35-41H,1,7-16H2,2-6H3/t18-,19?,20-,21+,22-,23+,24-,25-,26+,27+,28-,29+,30-,31-,32-,33-,34+/m1/s1. The molecule has 44 heavy (non-hydrogen) atoms. The quantitative estimate of drug-likeness (QED) is 0.187. The number of rotatable bonds is 9.